The molecule has 0 fully saturated rings. The maximum atomic E-state index is 11.9. The third-order valence-corrected chi connectivity index (χ3v) is 7.61. The predicted molar refractivity (Wildman–Crippen MR) is 205 cm³/mol. The van der Waals surface area contributed by atoms with Gasteiger partial charge in [0, 0.05) is 46.6 Å². The fourth-order valence-corrected chi connectivity index (χ4v) is 4.80. The fraction of sp³-hybridized carbons (Fsp3) is 0.475. The number of phenolic OH excluding ortho intramolecular Hbond substituents is 2. The Morgan fingerprint density at radius 2 is 0.804 bits per heavy atom. The number of carbonyl (C=O) groups excluding carboxylic acids is 2. The monoisotopic (exact) mass is 792 g/mol. The maximum Gasteiger partial charge on any atom is 0.341 e. The van der Waals surface area contributed by atoms with Crippen molar-refractivity contribution in [2.45, 2.75) is 59.3 Å². The van der Waals surface area contributed by atoms with Gasteiger partial charge in [-0.25, -0.2) is 14.4 Å². The molecule has 0 aliphatic carbocycles. The van der Waals surface area contributed by atoms with Crippen LogP contribution in [0.25, 0.3) is 0 Å². The molecule has 0 unspecified atom stereocenters. The van der Waals surface area contributed by atoms with Crippen LogP contribution in [0.1, 0.15) is 107 Å². The van der Waals surface area contributed by atoms with E-state index in [0.717, 1.165) is 17.2 Å². The Morgan fingerprint density at radius 3 is 1.16 bits per heavy atom. The highest BCUT2D eigenvalue weighted by molar-refractivity contribution is 5.94. The van der Waals surface area contributed by atoms with Gasteiger partial charge in [0.2, 0.25) is 0 Å². The molecule has 16 nitrogen and oxygen atoms in total. The first-order chi connectivity index (χ1) is 26.5. The van der Waals surface area contributed by atoms with E-state index < -0.39 is 17.9 Å². The molecule has 0 heterocycles. The summed E-state index contributed by atoms with van der Waals surface area (Å²) in [5.74, 6) is -0.411. The smallest absolute Gasteiger partial charge is 0.341 e. The van der Waals surface area contributed by atoms with Gasteiger partial charge in [-0.3, -0.25) is 0 Å². The molecule has 0 aliphatic rings. The average Bonchev–Trinajstić information content (AvgIpc) is 3.16. The number of phenols is 2. The number of aromatic hydroxyl groups is 2. The lowest BCUT2D eigenvalue weighted by atomic mass is 9.99. The standard InChI is InChI=1S/C15H22O6.C14H20O6.C11H14O4/c1-10(2)11-6-12(15(16)19-5)14(21-9-18-4)7-13(11)20-8-17-3;1-9(2)10-5-11(14(15)16)13(20-8-18-4)6-12(10)19-7-17-3;1-6(2)7-4-8(11(14)15-3)10(13)5-9(7)12/h6-7,10H,8-9H2,1-5H3;5-6,9H,7-8H2,1-4H3,(H,15,16);4-6,12-13H,1-3H3. The second-order valence-electron chi connectivity index (χ2n) is 12.7. The van der Waals surface area contributed by atoms with Crippen molar-refractivity contribution in [3.63, 3.8) is 0 Å². The van der Waals surface area contributed by atoms with E-state index in [1.54, 1.807) is 31.4 Å². The summed E-state index contributed by atoms with van der Waals surface area (Å²) in [6.07, 6.45) is 0. The fourth-order valence-electron chi connectivity index (χ4n) is 4.80. The molecule has 312 valence electrons. The van der Waals surface area contributed by atoms with E-state index in [9.17, 15) is 29.7 Å². The third-order valence-electron chi connectivity index (χ3n) is 7.61. The van der Waals surface area contributed by atoms with E-state index in [2.05, 4.69) is 4.74 Å². The van der Waals surface area contributed by atoms with Crippen molar-refractivity contribution in [3.05, 3.63) is 69.8 Å². The Labute approximate surface area is 328 Å². The van der Waals surface area contributed by atoms with Crippen molar-refractivity contribution < 1.29 is 77.1 Å². The van der Waals surface area contributed by atoms with Crippen LogP contribution < -0.4 is 18.9 Å². The van der Waals surface area contributed by atoms with Crippen LogP contribution in [0.5, 0.6) is 34.5 Å². The van der Waals surface area contributed by atoms with Crippen LogP contribution >= 0.6 is 0 Å². The molecule has 0 spiro atoms. The normalized spacial score (nSPS) is 10.6. The van der Waals surface area contributed by atoms with Crippen LogP contribution in [0.4, 0.5) is 0 Å². The SMILES string of the molecule is COC(=O)c1cc(C(C)C)c(O)cc1O.COCOc1cc(OCOC)c(C(C)C)cc1C(=O)O.COCOc1cc(OCOC)c(C(C)C)cc1C(=O)OC. The lowest BCUT2D eigenvalue weighted by Gasteiger charge is -2.18. The van der Waals surface area contributed by atoms with Gasteiger partial charge < -0.3 is 62.7 Å². The van der Waals surface area contributed by atoms with Gasteiger partial charge in [0.25, 0.3) is 0 Å². The number of ether oxygens (including phenoxy) is 10. The predicted octanol–water partition coefficient (Wildman–Crippen LogP) is 7.04. The Hall–Kier alpha value is -5.29. The maximum absolute atomic E-state index is 11.9. The van der Waals surface area contributed by atoms with Crippen molar-refractivity contribution >= 4 is 17.9 Å². The zero-order chi connectivity index (χ0) is 42.5. The molecule has 3 aromatic rings. The molecular formula is C40H56O16. The first kappa shape index (κ1) is 48.7. The van der Waals surface area contributed by atoms with E-state index in [1.165, 1.54) is 41.6 Å². The molecule has 0 amide bonds. The second kappa shape index (κ2) is 25.0. The highest BCUT2D eigenvalue weighted by Crippen LogP contribution is 2.36. The van der Waals surface area contributed by atoms with Gasteiger partial charge in [-0.15, -0.1) is 0 Å². The van der Waals surface area contributed by atoms with Gasteiger partial charge >= 0.3 is 17.9 Å². The van der Waals surface area contributed by atoms with E-state index in [0.29, 0.717) is 28.4 Å². The Bertz CT molecular complexity index is 1700. The second-order valence-corrected chi connectivity index (χ2v) is 12.7. The van der Waals surface area contributed by atoms with Crippen LogP contribution in [0.2, 0.25) is 0 Å². The van der Waals surface area contributed by atoms with Crippen molar-refractivity contribution in [3.8, 4) is 34.5 Å². The number of esters is 2. The van der Waals surface area contributed by atoms with Gasteiger partial charge in [0.1, 0.15) is 51.2 Å². The highest BCUT2D eigenvalue weighted by Gasteiger charge is 2.21. The lowest BCUT2D eigenvalue weighted by Crippen LogP contribution is -2.10. The number of carboxylic acid groups (broad SMARTS) is 1. The number of hydrogen-bond acceptors (Lipinski definition) is 15. The van der Waals surface area contributed by atoms with Crippen LogP contribution in [0.3, 0.4) is 0 Å². The van der Waals surface area contributed by atoms with Crippen LogP contribution in [0, 0.1) is 0 Å². The van der Waals surface area contributed by atoms with Gasteiger partial charge in [-0.2, -0.15) is 0 Å². The summed E-state index contributed by atoms with van der Waals surface area (Å²) in [4.78, 5) is 34.4. The minimum Gasteiger partial charge on any atom is -0.508 e. The Kier molecular flexibility index (Phi) is 21.7. The summed E-state index contributed by atoms with van der Waals surface area (Å²) in [6, 6.07) is 9.08. The number of hydrogen-bond donors (Lipinski definition) is 3. The van der Waals surface area contributed by atoms with Crippen molar-refractivity contribution in [2.24, 2.45) is 0 Å². The molecule has 16 heteroatoms. The Balaban J connectivity index is 0.000000426. The number of benzene rings is 3. The number of rotatable bonds is 18. The quantitative estimate of drug-likeness (QED) is 0.0872. The number of methoxy groups -OCH3 is 6. The molecule has 56 heavy (non-hydrogen) atoms. The summed E-state index contributed by atoms with van der Waals surface area (Å²) in [7, 11) is 8.59. The van der Waals surface area contributed by atoms with Gasteiger partial charge in [-0.05, 0) is 52.6 Å². The lowest BCUT2D eigenvalue weighted by molar-refractivity contribution is 0.0426. The first-order valence-electron chi connectivity index (χ1n) is 17.3. The van der Waals surface area contributed by atoms with Crippen LogP contribution in [-0.4, -0.2) is 103 Å². The van der Waals surface area contributed by atoms with Gasteiger partial charge in [0.05, 0.1) is 14.2 Å². The van der Waals surface area contributed by atoms with Crippen molar-refractivity contribution in [2.75, 3.05) is 69.8 Å². The van der Waals surface area contributed by atoms with E-state index in [-0.39, 0.29) is 73.3 Å². The molecule has 0 saturated heterocycles. The molecule has 0 saturated carbocycles. The summed E-state index contributed by atoms with van der Waals surface area (Å²) in [5.41, 5.74) is 2.74. The molecule has 0 atom stereocenters. The summed E-state index contributed by atoms with van der Waals surface area (Å²) < 4.78 is 50.5. The largest absolute Gasteiger partial charge is 0.508 e. The third kappa shape index (κ3) is 14.7. The number of aromatic carboxylic acids is 1. The number of carbonyl (C=O) groups is 3. The summed E-state index contributed by atoms with van der Waals surface area (Å²) >= 11 is 0. The average molecular weight is 793 g/mol. The molecule has 3 aromatic carbocycles. The molecule has 3 N–H and O–H groups in total. The van der Waals surface area contributed by atoms with Gasteiger partial charge in [0.15, 0.2) is 27.2 Å². The van der Waals surface area contributed by atoms with Crippen LogP contribution in [0.15, 0.2) is 36.4 Å². The summed E-state index contributed by atoms with van der Waals surface area (Å²) in [5, 5.41) is 28.2. The first-order valence-corrected chi connectivity index (χ1v) is 17.3. The molecule has 0 bridgehead atoms. The molecular weight excluding hydrogens is 736 g/mol. The summed E-state index contributed by atoms with van der Waals surface area (Å²) in [6.45, 7) is 11.9. The van der Waals surface area contributed by atoms with Crippen molar-refractivity contribution in [1.82, 2.24) is 0 Å². The number of carboxylic acids is 1. The van der Waals surface area contributed by atoms with E-state index in [4.69, 9.17) is 42.6 Å². The van der Waals surface area contributed by atoms with Crippen molar-refractivity contribution in [1.29, 1.82) is 0 Å². The highest BCUT2D eigenvalue weighted by atomic mass is 16.7. The van der Waals surface area contributed by atoms with E-state index in [1.807, 2.05) is 41.5 Å². The Morgan fingerprint density at radius 1 is 0.464 bits per heavy atom. The van der Waals surface area contributed by atoms with Crippen LogP contribution in [-0.2, 0) is 28.4 Å². The topological polar surface area (TPSA) is 204 Å². The minimum absolute atomic E-state index is 0.0184. The zero-order valence-corrected chi connectivity index (χ0v) is 34.2. The molecule has 3 rings (SSSR count). The molecule has 0 aromatic heterocycles. The minimum atomic E-state index is -1.06. The molecule has 0 radical (unpaired) electrons. The molecule has 0 aliphatic heterocycles. The van der Waals surface area contributed by atoms with Gasteiger partial charge in [-0.1, -0.05) is 41.5 Å². The zero-order valence-electron chi connectivity index (χ0n) is 34.2. The van der Waals surface area contributed by atoms with E-state index >= 15 is 0 Å².